The van der Waals surface area contributed by atoms with Gasteiger partial charge in [0.1, 0.15) is 0 Å². The van der Waals surface area contributed by atoms with Crippen LogP contribution in [0.3, 0.4) is 0 Å². The van der Waals surface area contributed by atoms with E-state index < -0.39 is 11.0 Å². The average molecular weight is 379 g/mol. The summed E-state index contributed by atoms with van der Waals surface area (Å²) in [6.07, 6.45) is 0. The number of nitrogens with one attached hydrogen (secondary N) is 1. The third kappa shape index (κ3) is 2.63. The molecule has 1 unspecified atom stereocenters. The number of nitrogens with zero attached hydrogens (tertiary/aromatic N) is 1. The van der Waals surface area contributed by atoms with Crippen molar-refractivity contribution in [3.63, 3.8) is 0 Å². The van der Waals surface area contributed by atoms with Crippen molar-refractivity contribution in [1.82, 2.24) is 9.45 Å². The molecule has 4 nitrogen and oxygen atoms in total. The molecule has 3 rings (SSSR count). The highest BCUT2D eigenvalue weighted by Crippen LogP contribution is 2.30. The highest BCUT2D eigenvalue weighted by Gasteiger charge is 2.18. The van der Waals surface area contributed by atoms with Crippen LogP contribution in [0.4, 0.5) is 0 Å². The van der Waals surface area contributed by atoms with Crippen LogP contribution in [0.1, 0.15) is 11.3 Å². The lowest BCUT2D eigenvalue weighted by Crippen LogP contribution is -2.10. The van der Waals surface area contributed by atoms with E-state index in [0.29, 0.717) is 6.54 Å². The van der Waals surface area contributed by atoms with E-state index in [1.165, 1.54) is 0 Å². The zero-order valence-corrected chi connectivity index (χ0v) is 14.3. The highest BCUT2D eigenvalue weighted by atomic mass is 79.9. The quantitative estimate of drug-likeness (QED) is 0.679. The van der Waals surface area contributed by atoms with Crippen LogP contribution in [0.5, 0.6) is 0 Å². The molecule has 0 saturated heterocycles. The van der Waals surface area contributed by atoms with Crippen LogP contribution in [0.15, 0.2) is 57.9 Å². The summed E-state index contributed by atoms with van der Waals surface area (Å²) in [5.41, 5.74) is 4.89. The van der Waals surface area contributed by atoms with E-state index in [2.05, 4.69) is 21.4 Å². The lowest BCUT2D eigenvalue weighted by atomic mass is 10.1. The normalized spacial score (nSPS) is 12.7. The molecule has 1 atom stereocenters. The minimum atomic E-state index is -1.33. The molecule has 0 aliphatic carbocycles. The van der Waals surface area contributed by atoms with Gasteiger partial charge in [-0.25, -0.2) is 9.69 Å². The van der Waals surface area contributed by atoms with Gasteiger partial charge in [0.25, 0.3) is 0 Å². The maximum Gasteiger partial charge on any atom is 0.157 e. The average Bonchev–Trinajstić information content (AvgIpc) is 2.80. The first kappa shape index (κ1) is 15.4. The Morgan fingerprint density at radius 3 is 2.64 bits per heavy atom. The number of hydrogen-bond donors (Lipinski definition) is 2. The van der Waals surface area contributed by atoms with Gasteiger partial charge < -0.3 is 5.21 Å². The molecule has 114 valence electrons. The molecule has 0 aliphatic heterocycles. The molecule has 22 heavy (non-hydrogen) atoms. The van der Waals surface area contributed by atoms with E-state index in [0.717, 1.165) is 31.5 Å². The van der Waals surface area contributed by atoms with E-state index in [4.69, 9.17) is 5.21 Å². The third-order valence-electron chi connectivity index (χ3n) is 3.61. The van der Waals surface area contributed by atoms with E-state index in [1.54, 1.807) is 0 Å². The molecule has 1 aromatic heterocycles. The van der Waals surface area contributed by atoms with Gasteiger partial charge in [0.05, 0.1) is 10.4 Å². The fourth-order valence-electron chi connectivity index (χ4n) is 2.58. The van der Waals surface area contributed by atoms with Gasteiger partial charge in [-0.05, 0) is 42.8 Å². The van der Waals surface area contributed by atoms with Gasteiger partial charge in [-0.2, -0.15) is 0 Å². The standard InChI is InChI=1S/C16H15BrN2O2S/c1-11-15(10-18-20)14-9-12(17)7-8-16(14)19(11)22(21)13-5-3-2-4-6-13/h2-9,18,20H,10H2,1H3. The van der Waals surface area contributed by atoms with Crippen molar-refractivity contribution in [3.05, 3.63) is 64.3 Å². The summed E-state index contributed by atoms with van der Waals surface area (Å²) < 4.78 is 15.7. The van der Waals surface area contributed by atoms with Crippen LogP contribution in [-0.4, -0.2) is 13.4 Å². The van der Waals surface area contributed by atoms with E-state index in [9.17, 15) is 4.21 Å². The van der Waals surface area contributed by atoms with Crippen molar-refractivity contribution in [2.45, 2.75) is 18.4 Å². The molecule has 0 aliphatic rings. The maximum atomic E-state index is 13.0. The van der Waals surface area contributed by atoms with Crippen molar-refractivity contribution in [3.8, 4) is 0 Å². The van der Waals surface area contributed by atoms with Crippen molar-refractivity contribution in [2.75, 3.05) is 0 Å². The van der Waals surface area contributed by atoms with Gasteiger partial charge in [0.15, 0.2) is 11.0 Å². The lowest BCUT2D eigenvalue weighted by Gasteiger charge is -2.08. The summed E-state index contributed by atoms with van der Waals surface area (Å²) >= 11 is 3.47. The molecule has 6 heteroatoms. The van der Waals surface area contributed by atoms with Crippen LogP contribution < -0.4 is 5.48 Å². The van der Waals surface area contributed by atoms with E-state index in [-0.39, 0.29) is 0 Å². The van der Waals surface area contributed by atoms with Gasteiger partial charge in [-0.3, -0.25) is 3.97 Å². The van der Waals surface area contributed by atoms with Crippen molar-refractivity contribution < 1.29 is 9.42 Å². The monoisotopic (exact) mass is 378 g/mol. The molecule has 0 amide bonds. The van der Waals surface area contributed by atoms with Crippen LogP contribution in [0, 0.1) is 6.92 Å². The Labute approximate surface area is 139 Å². The second-order valence-electron chi connectivity index (χ2n) is 4.92. The molecule has 0 bridgehead atoms. The Hall–Kier alpha value is -1.47. The number of benzene rings is 2. The summed E-state index contributed by atoms with van der Waals surface area (Å²) in [6.45, 7) is 2.22. The predicted octanol–water partition coefficient (Wildman–Crippen LogP) is 3.76. The number of hydrogen-bond acceptors (Lipinski definition) is 3. The molecule has 0 saturated carbocycles. The van der Waals surface area contributed by atoms with Gasteiger partial charge >= 0.3 is 0 Å². The first-order valence-corrected chi connectivity index (χ1v) is 8.67. The summed E-state index contributed by atoms with van der Waals surface area (Å²) in [6, 6.07) is 15.2. The van der Waals surface area contributed by atoms with Gasteiger partial charge in [-0.1, -0.05) is 34.1 Å². The molecule has 0 fully saturated rings. The Bertz CT molecular complexity index is 846. The fraction of sp³-hybridized carbons (Fsp3) is 0.125. The number of halogens is 1. The second-order valence-corrected chi connectivity index (χ2v) is 7.17. The Morgan fingerprint density at radius 1 is 1.23 bits per heavy atom. The summed E-state index contributed by atoms with van der Waals surface area (Å²) in [5.74, 6) is 0. The largest absolute Gasteiger partial charge is 0.316 e. The minimum Gasteiger partial charge on any atom is -0.316 e. The maximum absolute atomic E-state index is 13.0. The SMILES string of the molecule is Cc1c(CNO)c2cc(Br)ccc2n1S(=O)c1ccccc1. The van der Waals surface area contributed by atoms with Gasteiger partial charge in [0.2, 0.25) is 0 Å². The summed E-state index contributed by atoms with van der Waals surface area (Å²) in [5, 5.41) is 10.1. The number of hydroxylamine groups is 1. The zero-order chi connectivity index (χ0) is 15.7. The predicted molar refractivity (Wildman–Crippen MR) is 91.2 cm³/mol. The third-order valence-corrected chi connectivity index (χ3v) is 5.58. The first-order chi connectivity index (χ1) is 10.6. The van der Waals surface area contributed by atoms with E-state index >= 15 is 0 Å². The van der Waals surface area contributed by atoms with Crippen molar-refractivity contribution in [2.24, 2.45) is 0 Å². The highest BCUT2D eigenvalue weighted by molar-refractivity contribution is 9.10. The Balaban J connectivity index is 2.25. The molecular weight excluding hydrogens is 364 g/mol. The molecule has 0 spiro atoms. The van der Waals surface area contributed by atoms with Crippen LogP contribution >= 0.6 is 15.9 Å². The van der Waals surface area contributed by atoms with E-state index in [1.807, 2.05) is 59.4 Å². The fourth-order valence-corrected chi connectivity index (χ4v) is 4.24. The van der Waals surface area contributed by atoms with Gasteiger partial charge in [0, 0.05) is 22.1 Å². The smallest absolute Gasteiger partial charge is 0.157 e. The molecule has 2 N–H and O–H groups in total. The summed E-state index contributed by atoms with van der Waals surface area (Å²) in [4.78, 5) is 0.744. The molecule has 2 aromatic carbocycles. The summed E-state index contributed by atoms with van der Waals surface area (Å²) in [7, 11) is -1.33. The molecular formula is C16H15BrN2O2S. The number of fused-ring (bicyclic) bond motifs is 1. The minimum absolute atomic E-state index is 0.303. The molecule has 3 aromatic rings. The topological polar surface area (TPSA) is 54.3 Å². The number of aromatic nitrogens is 1. The zero-order valence-electron chi connectivity index (χ0n) is 11.9. The van der Waals surface area contributed by atoms with Crippen molar-refractivity contribution in [1.29, 1.82) is 0 Å². The van der Waals surface area contributed by atoms with Crippen LogP contribution in [0.25, 0.3) is 10.9 Å². The Morgan fingerprint density at radius 2 is 1.95 bits per heavy atom. The lowest BCUT2D eigenvalue weighted by molar-refractivity contribution is 0.161. The van der Waals surface area contributed by atoms with Crippen LogP contribution in [0.2, 0.25) is 0 Å². The number of rotatable bonds is 4. The second kappa shape index (κ2) is 6.34. The molecule has 1 heterocycles. The van der Waals surface area contributed by atoms with Gasteiger partial charge in [-0.15, -0.1) is 0 Å². The van der Waals surface area contributed by atoms with Crippen LogP contribution in [-0.2, 0) is 17.5 Å². The first-order valence-electron chi connectivity index (χ1n) is 6.77. The molecule has 0 radical (unpaired) electrons. The Kier molecular flexibility index (Phi) is 4.44. The van der Waals surface area contributed by atoms with Crippen molar-refractivity contribution >= 4 is 37.8 Å².